The van der Waals surface area contributed by atoms with E-state index in [9.17, 15) is 29.1 Å². The highest BCUT2D eigenvalue weighted by Gasteiger charge is 2.31. The van der Waals surface area contributed by atoms with Gasteiger partial charge in [-0.3, -0.25) is 24.0 Å². The van der Waals surface area contributed by atoms with Gasteiger partial charge in [0, 0.05) is 16.5 Å². The molecular formula is C32H31N3O7. The maximum Gasteiger partial charge on any atom is 0.313 e. The third kappa shape index (κ3) is 7.28. The maximum atomic E-state index is 13.2. The number of benzene rings is 4. The molecule has 216 valence electrons. The standard InChI is InChI=1S/C32H31N3O7/c1-19(2)29(35-32(41)31(40)33-24-15-7-11-20-9-3-5-13-22(20)24)30(39)34-25(17-28(37)38)26(36)18-42-27-16-8-12-21-10-4-6-14-23(21)27/h3-16,19,25,29H,17-18H2,1-2H3,(H,33,40)(H,34,39)(H,35,41)(H,37,38)/t25-,29-/m0/s1. The summed E-state index contributed by atoms with van der Waals surface area (Å²) in [4.78, 5) is 63.2. The van der Waals surface area contributed by atoms with Crippen LogP contribution in [0.3, 0.4) is 0 Å². The molecule has 0 aliphatic heterocycles. The molecule has 10 heteroatoms. The average molecular weight is 570 g/mol. The van der Waals surface area contributed by atoms with Crippen molar-refractivity contribution in [3.8, 4) is 5.75 Å². The highest BCUT2D eigenvalue weighted by atomic mass is 16.5. The lowest BCUT2D eigenvalue weighted by Gasteiger charge is -2.24. The van der Waals surface area contributed by atoms with E-state index in [2.05, 4.69) is 16.0 Å². The molecule has 0 heterocycles. The lowest BCUT2D eigenvalue weighted by molar-refractivity contribution is -0.141. The molecule has 0 fully saturated rings. The van der Waals surface area contributed by atoms with Gasteiger partial charge in [0.25, 0.3) is 0 Å². The normalized spacial score (nSPS) is 12.4. The van der Waals surface area contributed by atoms with E-state index in [-0.39, 0.29) is 0 Å². The Morgan fingerprint density at radius 2 is 1.33 bits per heavy atom. The van der Waals surface area contributed by atoms with Crippen LogP contribution in [0.2, 0.25) is 0 Å². The molecule has 4 aromatic rings. The Balaban J connectivity index is 1.42. The first-order chi connectivity index (χ1) is 20.1. The summed E-state index contributed by atoms with van der Waals surface area (Å²) in [6.07, 6.45) is -0.691. The van der Waals surface area contributed by atoms with Crippen LogP contribution in [0.5, 0.6) is 5.75 Å². The fourth-order valence-corrected chi connectivity index (χ4v) is 4.51. The summed E-state index contributed by atoms with van der Waals surface area (Å²) in [7, 11) is 0. The lowest BCUT2D eigenvalue weighted by Crippen LogP contribution is -2.56. The first-order valence-electron chi connectivity index (χ1n) is 13.4. The van der Waals surface area contributed by atoms with Crippen LogP contribution in [0, 0.1) is 5.92 Å². The molecule has 0 aromatic heterocycles. The number of nitrogens with one attached hydrogen (secondary N) is 3. The minimum absolute atomic E-state index is 0.428. The first kappa shape index (κ1) is 29.7. The van der Waals surface area contributed by atoms with Gasteiger partial charge in [0.2, 0.25) is 5.91 Å². The molecule has 42 heavy (non-hydrogen) atoms. The van der Waals surface area contributed by atoms with E-state index < -0.39 is 60.5 Å². The monoisotopic (exact) mass is 569 g/mol. The summed E-state index contributed by atoms with van der Waals surface area (Å²) < 4.78 is 5.70. The third-order valence-electron chi connectivity index (χ3n) is 6.68. The first-order valence-corrected chi connectivity index (χ1v) is 13.4. The second kappa shape index (κ2) is 13.4. The van der Waals surface area contributed by atoms with Gasteiger partial charge in [-0.1, -0.05) is 86.6 Å². The molecule has 4 aromatic carbocycles. The summed E-state index contributed by atoms with van der Waals surface area (Å²) in [6, 6.07) is 22.7. The number of aliphatic carboxylic acids is 1. The van der Waals surface area contributed by atoms with Gasteiger partial charge < -0.3 is 25.8 Å². The number of carboxylic acid groups (broad SMARTS) is 1. The molecule has 0 aliphatic carbocycles. The fourth-order valence-electron chi connectivity index (χ4n) is 4.51. The van der Waals surface area contributed by atoms with Crippen molar-refractivity contribution >= 4 is 56.7 Å². The highest BCUT2D eigenvalue weighted by molar-refractivity contribution is 6.40. The quantitative estimate of drug-likeness (QED) is 0.201. The van der Waals surface area contributed by atoms with Crippen LogP contribution in [0.25, 0.3) is 21.5 Å². The van der Waals surface area contributed by atoms with E-state index in [1.54, 1.807) is 50.2 Å². The number of ether oxygens (including phenoxy) is 1. The molecule has 0 unspecified atom stereocenters. The van der Waals surface area contributed by atoms with Crippen LogP contribution in [0.1, 0.15) is 20.3 Å². The predicted octanol–water partition coefficient (Wildman–Crippen LogP) is 3.68. The maximum absolute atomic E-state index is 13.2. The number of rotatable bonds is 11. The van der Waals surface area contributed by atoms with Gasteiger partial charge in [-0.05, 0) is 28.8 Å². The van der Waals surface area contributed by atoms with Crippen molar-refractivity contribution in [3.63, 3.8) is 0 Å². The lowest BCUT2D eigenvalue weighted by atomic mass is 10.0. The van der Waals surface area contributed by atoms with Gasteiger partial charge in [0.1, 0.15) is 24.4 Å². The van der Waals surface area contributed by atoms with E-state index in [0.29, 0.717) is 11.4 Å². The van der Waals surface area contributed by atoms with Crippen molar-refractivity contribution in [2.24, 2.45) is 5.92 Å². The van der Waals surface area contributed by atoms with E-state index in [4.69, 9.17) is 4.74 Å². The Bertz CT molecular complexity index is 1640. The van der Waals surface area contributed by atoms with Crippen molar-refractivity contribution in [3.05, 3.63) is 84.9 Å². The topological polar surface area (TPSA) is 151 Å². The van der Waals surface area contributed by atoms with Crippen LogP contribution in [-0.2, 0) is 24.0 Å². The zero-order valence-electron chi connectivity index (χ0n) is 23.1. The number of Topliss-reactive ketones (excluding diaryl/α,β-unsaturated/α-hetero) is 1. The SMILES string of the molecule is CC(C)[C@H](NC(=O)C(=O)Nc1cccc2ccccc12)C(=O)N[C@@H](CC(=O)O)C(=O)COc1cccc2ccccc12. The molecule has 0 saturated heterocycles. The Morgan fingerprint density at radius 3 is 2.00 bits per heavy atom. The van der Waals surface area contributed by atoms with E-state index in [0.717, 1.165) is 21.5 Å². The molecule has 10 nitrogen and oxygen atoms in total. The molecule has 4 rings (SSSR count). The molecule has 3 amide bonds. The molecule has 0 spiro atoms. The second-order valence-electron chi connectivity index (χ2n) is 10.1. The molecule has 2 atom stereocenters. The zero-order valence-corrected chi connectivity index (χ0v) is 23.1. The summed E-state index contributed by atoms with van der Waals surface area (Å²) in [5, 5.41) is 20.1. The third-order valence-corrected chi connectivity index (χ3v) is 6.68. The van der Waals surface area contributed by atoms with E-state index in [1.165, 1.54) is 0 Å². The highest BCUT2D eigenvalue weighted by Crippen LogP contribution is 2.25. The van der Waals surface area contributed by atoms with E-state index >= 15 is 0 Å². The predicted molar refractivity (Wildman–Crippen MR) is 158 cm³/mol. The fraction of sp³-hybridized carbons (Fsp3) is 0.219. The van der Waals surface area contributed by atoms with Crippen LogP contribution < -0.4 is 20.7 Å². The number of ketones is 1. The molecular weight excluding hydrogens is 538 g/mol. The number of amides is 3. The number of carbonyl (C=O) groups excluding carboxylic acids is 4. The summed E-state index contributed by atoms with van der Waals surface area (Å²) in [6.45, 7) is 2.80. The smallest absolute Gasteiger partial charge is 0.313 e. The van der Waals surface area contributed by atoms with Crippen molar-refractivity contribution in [1.29, 1.82) is 0 Å². The van der Waals surface area contributed by atoms with Gasteiger partial charge >= 0.3 is 17.8 Å². The van der Waals surface area contributed by atoms with Crippen LogP contribution in [0.4, 0.5) is 5.69 Å². The van der Waals surface area contributed by atoms with Gasteiger partial charge in [-0.2, -0.15) is 0 Å². The molecule has 0 bridgehead atoms. The van der Waals surface area contributed by atoms with Crippen molar-refractivity contribution in [2.45, 2.75) is 32.4 Å². The second-order valence-corrected chi connectivity index (χ2v) is 10.1. The van der Waals surface area contributed by atoms with Crippen LogP contribution in [-0.4, -0.2) is 53.3 Å². The molecule has 0 saturated carbocycles. The Kier molecular flexibility index (Phi) is 9.49. The minimum Gasteiger partial charge on any atom is -0.485 e. The van der Waals surface area contributed by atoms with Gasteiger partial charge in [-0.15, -0.1) is 0 Å². The Morgan fingerprint density at radius 1 is 0.738 bits per heavy atom. The van der Waals surface area contributed by atoms with Crippen molar-refractivity contribution in [2.75, 3.05) is 11.9 Å². The number of fused-ring (bicyclic) bond motifs is 2. The van der Waals surface area contributed by atoms with Gasteiger partial charge in [-0.25, -0.2) is 0 Å². The minimum atomic E-state index is -1.42. The number of anilines is 1. The van der Waals surface area contributed by atoms with Gasteiger partial charge in [0.05, 0.1) is 6.42 Å². The number of hydrogen-bond donors (Lipinski definition) is 4. The van der Waals surface area contributed by atoms with Crippen LogP contribution >= 0.6 is 0 Å². The van der Waals surface area contributed by atoms with Crippen molar-refractivity contribution in [1.82, 2.24) is 10.6 Å². The number of carboxylic acids is 1. The number of hydrogen-bond acceptors (Lipinski definition) is 6. The average Bonchev–Trinajstić information content (AvgIpc) is 2.97. The molecule has 4 N–H and O–H groups in total. The number of carbonyl (C=O) groups is 5. The summed E-state index contributed by atoms with van der Waals surface area (Å²) >= 11 is 0. The largest absolute Gasteiger partial charge is 0.485 e. The Labute approximate surface area is 242 Å². The van der Waals surface area contributed by atoms with Gasteiger partial charge in [0.15, 0.2) is 5.78 Å². The molecule has 0 aliphatic rings. The summed E-state index contributed by atoms with van der Waals surface area (Å²) in [5.41, 5.74) is 0.428. The molecule has 0 radical (unpaired) electrons. The zero-order chi connectivity index (χ0) is 30.2. The van der Waals surface area contributed by atoms with E-state index in [1.807, 2.05) is 48.5 Å². The van der Waals surface area contributed by atoms with Crippen LogP contribution in [0.15, 0.2) is 84.9 Å². The summed E-state index contributed by atoms with van der Waals surface area (Å²) in [5.74, 6) is -4.87. The van der Waals surface area contributed by atoms with Crippen molar-refractivity contribution < 1.29 is 33.8 Å². The Hall–Kier alpha value is -5.25.